The summed E-state index contributed by atoms with van der Waals surface area (Å²) in [6.07, 6.45) is 1.53. The second-order valence-corrected chi connectivity index (χ2v) is 8.53. The molecule has 1 aliphatic heterocycles. The van der Waals surface area contributed by atoms with Gasteiger partial charge in [-0.25, -0.2) is 13.2 Å². The second-order valence-electron chi connectivity index (χ2n) is 5.71. The van der Waals surface area contributed by atoms with Crippen LogP contribution in [0.4, 0.5) is 5.69 Å². The third-order valence-electron chi connectivity index (χ3n) is 4.06. The van der Waals surface area contributed by atoms with E-state index in [2.05, 4.69) is 0 Å². The Morgan fingerprint density at radius 3 is 2.59 bits per heavy atom. The highest BCUT2D eigenvalue weighted by atomic mass is 32.2. The number of methoxy groups -OCH3 is 1. The Labute approximate surface area is 159 Å². The lowest BCUT2D eigenvalue weighted by Crippen LogP contribution is -2.29. The van der Waals surface area contributed by atoms with Crippen LogP contribution in [0.15, 0.2) is 34.5 Å². The van der Waals surface area contributed by atoms with Gasteiger partial charge in [-0.15, -0.1) is 11.3 Å². The van der Waals surface area contributed by atoms with Crippen LogP contribution in [-0.4, -0.2) is 43.8 Å². The Balaban J connectivity index is 1.91. The number of esters is 1. The van der Waals surface area contributed by atoms with Crippen LogP contribution in [0.25, 0.3) is 0 Å². The summed E-state index contributed by atoms with van der Waals surface area (Å²) in [5.41, 5.74) is -0.455. The molecule has 0 bridgehead atoms. The predicted octanol–water partition coefficient (Wildman–Crippen LogP) is 2.67. The third-order valence-corrected chi connectivity index (χ3v) is 7.03. The van der Waals surface area contributed by atoms with Gasteiger partial charge in [0.2, 0.25) is 15.8 Å². The van der Waals surface area contributed by atoms with Crippen molar-refractivity contribution in [2.75, 3.05) is 20.2 Å². The van der Waals surface area contributed by atoms with Gasteiger partial charge in [-0.2, -0.15) is 4.31 Å². The molecule has 0 aliphatic carbocycles. The number of thiophene rings is 1. The van der Waals surface area contributed by atoms with Crippen molar-refractivity contribution in [3.05, 3.63) is 44.6 Å². The van der Waals surface area contributed by atoms with E-state index in [1.807, 2.05) is 0 Å². The molecule has 0 spiro atoms. The summed E-state index contributed by atoms with van der Waals surface area (Å²) in [6, 6.07) is 5.11. The molecule has 11 heteroatoms. The summed E-state index contributed by atoms with van der Waals surface area (Å²) in [4.78, 5) is 22.8. The zero-order valence-corrected chi connectivity index (χ0v) is 15.9. The molecule has 27 heavy (non-hydrogen) atoms. The summed E-state index contributed by atoms with van der Waals surface area (Å²) in [7, 11) is -2.46. The fraction of sp³-hybridized carbons (Fsp3) is 0.312. The van der Waals surface area contributed by atoms with Gasteiger partial charge >= 0.3 is 11.7 Å². The lowest BCUT2D eigenvalue weighted by Gasteiger charge is -2.15. The van der Waals surface area contributed by atoms with Gasteiger partial charge in [0.1, 0.15) is 15.5 Å². The van der Waals surface area contributed by atoms with Crippen molar-refractivity contribution in [2.24, 2.45) is 0 Å². The van der Waals surface area contributed by atoms with Crippen LogP contribution in [0.3, 0.4) is 0 Å². The van der Waals surface area contributed by atoms with Crippen molar-refractivity contribution in [3.8, 4) is 11.5 Å². The molecule has 0 unspecified atom stereocenters. The van der Waals surface area contributed by atoms with E-state index in [9.17, 15) is 23.3 Å². The van der Waals surface area contributed by atoms with Gasteiger partial charge in [0.25, 0.3) is 0 Å². The number of sulfonamides is 1. The molecule has 0 saturated carbocycles. The molecule has 0 amide bonds. The van der Waals surface area contributed by atoms with Crippen molar-refractivity contribution < 1.29 is 27.6 Å². The van der Waals surface area contributed by atoms with E-state index in [1.165, 1.54) is 35.0 Å². The van der Waals surface area contributed by atoms with E-state index < -0.39 is 26.6 Å². The lowest BCUT2D eigenvalue weighted by molar-refractivity contribution is -0.385. The van der Waals surface area contributed by atoms with Crippen molar-refractivity contribution in [2.45, 2.75) is 17.7 Å². The lowest BCUT2D eigenvalue weighted by atomic mass is 10.3. The molecular weight excluding hydrogens is 396 g/mol. The minimum atomic E-state index is -3.81. The van der Waals surface area contributed by atoms with Crippen LogP contribution in [-0.2, 0) is 10.0 Å². The van der Waals surface area contributed by atoms with E-state index in [-0.39, 0.29) is 21.3 Å². The SMILES string of the molecule is COc1ccc(OC(=O)c2sccc2S(=O)(=O)N2CCCC2)c([N+](=O)[O-])c1. The van der Waals surface area contributed by atoms with Crippen molar-refractivity contribution in [3.63, 3.8) is 0 Å². The molecule has 1 aromatic heterocycles. The van der Waals surface area contributed by atoms with Gasteiger partial charge in [0, 0.05) is 13.1 Å². The standard InChI is InChI=1S/C16H16N2O7S2/c1-24-11-4-5-13(12(10-11)18(20)21)25-16(19)15-14(6-9-26-15)27(22,23)17-7-2-3-8-17/h4-6,9-10H,2-3,7-8H2,1H3. The molecule has 0 N–H and O–H groups in total. The maximum atomic E-state index is 12.7. The zero-order chi connectivity index (χ0) is 19.6. The average molecular weight is 412 g/mol. The fourth-order valence-electron chi connectivity index (χ4n) is 2.72. The monoisotopic (exact) mass is 412 g/mol. The third kappa shape index (κ3) is 3.80. The number of carbonyl (C=O) groups is 1. The first-order chi connectivity index (χ1) is 12.8. The number of nitro groups is 1. The van der Waals surface area contributed by atoms with Crippen LogP contribution in [0, 0.1) is 10.1 Å². The number of hydrogen-bond donors (Lipinski definition) is 0. The Hall–Kier alpha value is -2.50. The molecule has 9 nitrogen and oxygen atoms in total. The van der Waals surface area contributed by atoms with Gasteiger partial charge in [-0.3, -0.25) is 10.1 Å². The zero-order valence-electron chi connectivity index (χ0n) is 14.3. The predicted molar refractivity (Wildman–Crippen MR) is 96.9 cm³/mol. The first kappa shape index (κ1) is 19.3. The summed E-state index contributed by atoms with van der Waals surface area (Å²) in [6.45, 7) is 0.799. The van der Waals surface area contributed by atoms with Gasteiger partial charge in [-0.1, -0.05) is 0 Å². The van der Waals surface area contributed by atoms with Crippen LogP contribution >= 0.6 is 11.3 Å². The minimum Gasteiger partial charge on any atom is -0.496 e. The topological polar surface area (TPSA) is 116 Å². The molecule has 2 aromatic rings. The quantitative estimate of drug-likeness (QED) is 0.310. The highest BCUT2D eigenvalue weighted by molar-refractivity contribution is 7.89. The highest BCUT2D eigenvalue weighted by Crippen LogP contribution is 2.33. The number of rotatable bonds is 6. The van der Waals surface area contributed by atoms with Crippen LogP contribution in [0.1, 0.15) is 22.5 Å². The smallest absolute Gasteiger partial charge is 0.355 e. The Kier molecular flexibility index (Phi) is 5.44. The van der Waals surface area contributed by atoms with Gasteiger partial charge < -0.3 is 9.47 Å². The first-order valence-electron chi connectivity index (χ1n) is 7.97. The van der Waals surface area contributed by atoms with E-state index in [4.69, 9.17) is 9.47 Å². The number of ether oxygens (including phenoxy) is 2. The van der Waals surface area contributed by atoms with Crippen LogP contribution in [0.5, 0.6) is 11.5 Å². The Morgan fingerprint density at radius 2 is 1.96 bits per heavy atom. The molecule has 0 radical (unpaired) electrons. The van der Waals surface area contributed by atoms with E-state index in [0.29, 0.717) is 13.1 Å². The van der Waals surface area contributed by atoms with Crippen LogP contribution < -0.4 is 9.47 Å². The maximum Gasteiger partial charge on any atom is 0.355 e. The highest BCUT2D eigenvalue weighted by Gasteiger charge is 2.33. The molecule has 3 rings (SSSR count). The van der Waals surface area contributed by atoms with E-state index >= 15 is 0 Å². The molecular formula is C16H16N2O7S2. The molecule has 1 aliphatic rings. The number of carbonyl (C=O) groups excluding carboxylic acids is 1. The summed E-state index contributed by atoms with van der Waals surface area (Å²) in [5, 5.41) is 12.7. The van der Waals surface area contributed by atoms with Crippen LogP contribution in [0.2, 0.25) is 0 Å². The Bertz CT molecular complexity index is 978. The second kappa shape index (κ2) is 7.62. The molecule has 1 saturated heterocycles. The first-order valence-corrected chi connectivity index (χ1v) is 10.3. The van der Waals surface area contributed by atoms with Crippen molar-refractivity contribution >= 4 is 33.0 Å². The summed E-state index contributed by atoms with van der Waals surface area (Å²) < 4.78 is 36.9. The maximum absolute atomic E-state index is 12.7. The minimum absolute atomic E-state index is 0.119. The molecule has 144 valence electrons. The molecule has 1 fully saturated rings. The van der Waals surface area contributed by atoms with E-state index in [0.717, 1.165) is 30.2 Å². The van der Waals surface area contributed by atoms with Gasteiger partial charge in [0.15, 0.2) is 0 Å². The molecule has 0 atom stereocenters. The largest absolute Gasteiger partial charge is 0.496 e. The number of benzene rings is 1. The molecule has 1 aromatic carbocycles. The van der Waals surface area contributed by atoms with Crippen molar-refractivity contribution in [1.82, 2.24) is 4.31 Å². The number of hydrogen-bond acceptors (Lipinski definition) is 8. The average Bonchev–Trinajstić information content (AvgIpc) is 3.34. The summed E-state index contributed by atoms with van der Waals surface area (Å²) >= 11 is 0.910. The van der Waals surface area contributed by atoms with Gasteiger partial charge in [-0.05, 0) is 36.4 Å². The van der Waals surface area contributed by atoms with Crippen molar-refractivity contribution in [1.29, 1.82) is 0 Å². The number of nitro benzene ring substituents is 1. The van der Waals surface area contributed by atoms with E-state index in [1.54, 1.807) is 0 Å². The Morgan fingerprint density at radius 1 is 1.26 bits per heavy atom. The molecule has 2 heterocycles. The normalized spacial score (nSPS) is 14.9. The summed E-state index contributed by atoms with van der Waals surface area (Å²) in [5.74, 6) is -1.02. The van der Waals surface area contributed by atoms with Gasteiger partial charge in [0.05, 0.1) is 18.1 Å². The number of nitrogens with zero attached hydrogens (tertiary/aromatic N) is 2. The fourth-order valence-corrected chi connectivity index (χ4v) is 5.50.